The van der Waals surface area contributed by atoms with Crippen LogP contribution in [-0.2, 0) is 0 Å². The molecule has 0 bridgehead atoms. The number of halogens is 2. The molecule has 1 atom stereocenters. The van der Waals surface area contributed by atoms with Gasteiger partial charge in [0, 0.05) is 11.4 Å². The number of ether oxygens (including phenoxy) is 1. The normalized spacial score (nSPS) is 15.9. The van der Waals surface area contributed by atoms with E-state index in [1.54, 1.807) is 24.1 Å². The lowest BCUT2D eigenvalue weighted by molar-refractivity contribution is 0.0975. The number of fused-ring (bicyclic) bond motifs is 1. The van der Waals surface area contributed by atoms with Gasteiger partial charge in [0.25, 0.3) is 5.91 Å². The summed E-state index contributed by atoms with van der Waals surface area (Å²) in [7, 11) is 1.60. The third kappa shape index (κ3) is 3.11. The van der Waals surface area contributed by atoms with Crippen LogP contribution in [0.25, 0.3) is 0 Å². The van der Waals surface area contributed by atoms with Crippen LogP contribution in [0.5, 0.6) is 5.75 Å². The monoisotopic (exact) mass is 382 g/mol. The highest BCUT2D eigenvalue weighted by Crippen LogP contribution is 2.38. The summed E-state index contributed by atoms with van der Waals surface area (Å²) in [6.45, 7) is 0. The number of anilines is 2. The summed E-state index contributed by atoms with van der Waals surface area (Å²) < 4.78 is 18.9. The Hall–Kier alpha value is -3.05. The summed E-state index contributed by atoms with van der Waals surface area (Å²) in [6.07, 6.45) is -0.472. The molecule has 0 aromatic heterocycles. The van der Waals surface area contributed by atoms with Gasteiger partial charge >= 0.3 is 0 Å². The highest BCUT2D eigenvalue weighted by Gasteiger charge is 2.34. The van der Waals surface area contributed by atoms with Crippen LogP contribution in [0.1, 0.15) is 22.1 Å². The average molecular weight is 383 g/mol. The second-order valence-electron chi connectivity index (χ2n) is 6.14. The van der Waals surface area contributed by atoms with Gasteiger partial charge in [0.15, 0.2) is 0 Å². The number of carbonyl (C=O) groups is 1. The van der Waals surface area contributed by atoms with Gasteiger partial charge in [-0.3, -0.25) is 9.69 Å². The van der Waals surface area contributed by atoms with Crippen molar-refractivity contribution in [1.29, 1.82) is 0 Å². The summed E-state index contributed by atoms with van der Waals surface area (Å²) in [5.41, 5.74) is 2.66. The third-order valence-electron chi connectivity index (χ3n) is 4.54. The van der Waals surface area contributed by atoms with E-state index in [-0.39, 0.29) is 10.9 Å². The number of methoxy groups -OCH3 is 1. The SMILES string of the molecule is COc1ccc([C@H]2Nc3ccccc3C(=O)N2c2ccc(F)c(Cl)c2)cc1. The third-order valence-corrected chi connectivity index (χ3v) is 4.83. The van der Waals surface area contributed by atoms with Crippen LogP contribution in [0.2, 0.25) is 5.02 Å². The van der Waals surface area contributed by atoms with E-state index in [1.807, 2.05) is 42.5 Å². The molecule has 1 N–H and O–H groups in total. The van der Waals surface area contributed by atoms with Gasteiger partial charge in [-0.05, 0) is 48.0 Å². The molecule has 0 radical (unpaired) electrons. The Morgan fingerprint density at radius 1 is 1.07 bits per heavy atom. The number of carbonyl (C=O) groups excluding carboxylic acids is 1. The molecule has 1 aliphatic rings. The Bertz CT molecular complexity index is 1010. The molecule has 6 heteroatoms. The molecule has 4 nitrogen and oxygen atoms in total. The molecule has 3 aromatic carbocycles. The Balaban J connectivity index is 1.84. The first-order valence-electron chi connectivity index (χ1n) is 8.36. The molecule has 0 unspecified atom stereocenters. The van der Waals surface area contributed by atoms with Gasteiger partial charge in [0.1, 0.15) is 17.7 Å². The van der Waals surface area contributed by atoms with Gasteiger partial charge in [-0.2, -0.15) is 0 Å². The van der Waals surface area contributed by atoms with E-state index in [2.05, 4.69) is 5.32 Å². The van der Waals surface area contributed by atoms with Gasteiger partial charge in [-0.1, -0.05) is 35.9 Å². The Morgan fingerprint density at radius 2 is 1.81 bits per heavy atom. The van der Waals surface area contributed by atoms with Crippen LogP contribution in [0.15, 0.2) is 66.7 Å². The zero-order valence-electron chi connectivity index (χ0n) is 14.4. The quantitative estimate of drug-likeness (QED) is 0.671. The maximum atomic E-state index is 13.6. The van der Waals surface area contributed by atoms with Crippen LogP contribution < -0.4 is 15.0 Å². The molecule has 0 saturated heterocycles. The summed E-state index contributed by atoms with van der Waals surface area (Å²) in [5.74, 6) is 0.00439. The largest absolute Gasteiger partial charge is 0.497 e. The number of rotatable bonds is 3. The fourth-order valence-corrected chi connectivity index (χ4v) is 3.35. The maximum Gasteiger partial charge on any atom is 0.262 e. The van der Waals surface area contributed by atoms with Crippen molar-refractivity contribution in [2.45, 2.75) is 6.17 Å². The Morgan fingerprint density at radius 3 is 2.52 bits per heavy atom. The smallest absolute Gasteiger partial charge is 0.262 e. The topological polar surface area (TPSA) is 41.6 Å². The second-order valence-corrected chi connectivity index (χ2v) is 6.55. The molecule has 136 valence electrons. The Kier molecular flexibility index (Phi) is 4.46. The summed E-state index contributed by atoms with van der Waals surface area (Å²) in [4.78, 5) is 14.8. The van der Waals surface area contributed by atoms with E-state index in [0.29, 0.717) is 11.3 Å². The zero-order chi connectivity index (χ0) is 19.0. The number of nitrogens with zero attached hydrogens (tertiary/aromatic N) is 1. The average Bonchev–Trinajstić information content (AvgIpc) is 2.70. The first-order chi connectivity index (χ1) is 13.1. The van der Waals surface area contributed by atoms with Crippen LogP contribution in [0, 0.1) is 5.82 Å². The molecule has 1 aliphatic heterocycles. The molecular formula is C21H16ClFN2O2. The van der Waals surface area contributed by atoms with Crippen LogP contribution in [0.3, 0.4) is 0 Å². The minimum Gasteiger partial charge on any atom is -0.497 e. The van der Waals surface area contributed by atoms with Gasteiger partial charge in [-0.25, -0.2) is 4.39 Å². The van der Waals surface area contributed by atoms with E-state index in [4.69, 9.17) is 16.3 Å². The molecule has 3 aromatic rings. The van der Waals surface area contributed by atoms with Crippen LogP contribution >= 0.6 is 11.6 Å². The fourth-order valence-electron chi connectivity index (χ4n) is 3.17. The van der Waals surface area contributed by atoms with Crippen molar-refractivity contribution in [3.8, 4) is 5.75 Å². The Labute approximate surface area is 161 Å². The van der Waals surface area contributed by atoms with E-state index in [1.165, 1.54) is 12.1 Å². The summed E-state index contributed by atoms with van der Waals surface area (Å²) in [5, 5.41) is 3.36. The second kappa shape index (κ2) is 6.93. The van der Waals surface area contributed by atoms with Crippen LogP contribution in [0.4, 0.5) is 15.8 Å². The lowest BCUT2D eigenvalue weighted by Crippen LogP contribution is -2.43. The van der Waals surface area contributed by atoms with E-state index in [9.17, 15) is 9.18 Å². The highest BCUT2D eigenvalue weighted by atomic mass is 35.5. The molecule has 4 rings (SSSR count). The van der Waals surface area contributed by atoms with Crippen LogP contribution in [-0.4, -0.2) is 13.0 Å². The van der Waals surface area contributed by atoms with E-state index >= 15 is 0 Å². The van der Waals surface area contributed by atoms with Gasteiger partial charge in [0.2, 0.25) is 0 Å². The predicted molar refractivity (Wildman–Crippen MR) is 104 cm³/mol. The zero-order valence-corrected chi connectivity index (χ0v) is 15.2. The number of amides is 1. The first-order valence-corrected chi connectivity index (χ1v) is 8.74. The molecule has 0 spiro atoms. The van der Waals surface area contributed by atoms with Gasteiger partial charge < -0.3 is 10.1 Å². The molecule has 27 heavy (non-hydrogen) atoms. The number of hydrogen-bond acceptors (Lipinski definition) is 3. The molecular weight excluding hydrogens is 367 g/mol. The minimum absolute atomic E-state index is 0.0346. The van der Waals surface area contributed by atoms with Crippen molar-refractivity contribution in [2.24, 2.45) is 0 Å². The number of benzene rings is 3. The summed E-state index contributed by atoms with van der Waals surface area (Å²) in [6, 6.07) is 19.0. The van der Waals surface area contributed by atoms with Crippen molar-refractivity contribution < 1.29 is 13.9 Å². The molecule has 0 saturated carbocycles. The molecule has 0 aliphatic carbocycles. The summed E-state index contributed by atoms with van der Waals surface area (Å²) >= 11 is 5.96. The lowest BCUT2D eigenvalue weighted by Gasteiger charge is -2.38. The van der Waals surface area contributed by atoms with Gasteiger partial charge in [0.05, 0.1) is 17.7 Å². The van der Waals surface area contributed by atoms with E-state index < -0.39 is 12.0 Å². The molecule has 1 amide bonds. The minimum atomic E-state index is -0.528. The molecule has 1 heterocycles. The maximum absolute atomic E-state index is 13.6. The number of para-hydroxylation sites is 1. The van der Waals surface area contributed by atoms with Crippen molar-refractivity contribution in [1.82, 2.24) is 0 Å². The van der Waals surface area contributed by atoms with Crippen molar-refractivity contribution >= 4 is 28.9 Å². The fraction of sp³-hybridized carbons (Fsp3) is 0.0952. The molecule has 0 fully saturated rings. The first kappa shape index (κ1) is 17.4. The van der Waals surface area contributed by atoms with Crippen molar-refractivity contribution in [3.05, 3.63) is 88.7 Å². The predicted octanol–water partition coefficient (Wildman–Crippen LogP) is 5.26. The van der Waals surface area contributed by atoms with E-state index in [0.717, 1.165) is 17.0 Å². The van der Waals surface area contributed by atoms with Crippen molar-refractivity contribution in [2.75, 3.05) is 17.3 Å². The lowest BCUT2D eigenvalue weighted by atomic mass is 10.0. The number of nitrogens with one attached hydrogen (secondary N) is 1. The standard InChI is InChI=1S/C21H16ClFN2O2/c1-27-15-9-6-13(7-10-15)20-24-19-5-3-2-4-16(19)21(26)25(20)14-8-11-18(23)17(22)12-14/h2-12,20,24H,1H3/t20-/m0/s1. The van der Waals surface area contributed by atoms with Crippen molar-refractivity contribution in [3.63, 3.8) is 0 Å². The van der Waals surface area contributed by atoms with Gasteiger partial charge in [-0.15, -0.1) is 0 Å². The number of hydrogen-bond donors (Lipinski definition) is 1. The highest BCUT2D eigenvalue weighted by molar-refractivity contribution is 6.31.